The number of carbonyl (C=O) groups excluding carboxylic acids is 1. The maximum Gasteiger partial charge on any atom is 0.258 e. The van der Waals surface area contributed by atoms with Crippen LogP contribution in [-0.4, -0.2) is 22.7 Å². The molecule has 2 aromatic carbocycles. The van der Waals surface area contributed by atoms with E-state index in [2.05, 4.69) is 31.4 Å². The highest BCUT2D eigenvalue weighted by Crippen LogP contribution is 2.24. The summed E-state index contributed by atoms with van der Waals surface area (Å²) in [4.78, 5) is 16.1. The smallest absolute Gasteiger partial charge is 0.258 e. The van der Waals surface area contributed by atoms with Crippen LogP contribution in [0.3, 0.4) is 0 Å². The number of halogens is 1. The molecule has 3 aromatic rings. The third-order valence-corrected chi connectivity index (χ3v) is 3.93. The number of nitrogens with zero attached hydrogens (tertiary/aromatic N) is 2. The van der Waals surface area contributed by atoms with Gasteiger partial charge in [0.15, 0.2) is 12.4 Å². The fraction of sp³-hybridized carbons (Fsp3) is 0.235. The van der Waals surface area contributed by atoms with Crippen molar-refractivity contribution in [2.45, 2.75) is 19.9 Å². The Morgan fingerprint density at radius 1 is 1.29 bits per heavy atom. The molecule has 0 saturated carbocycles. The second-order valence-corrected chi connectivity index (χ2v) is 6.33. The number of fused-ring (bicyclic) bond motifs is 1. The van der Waals surface area contributed by atoms with Crippen LogP contribution < -0.4 is 10.1 Å². The van der Waals surface area contributed by atoms with Crippen LogP contribution in [0.2, 0.25) is 0 Å². The molecule has 0 unspecified atom stereocenters. The number of ether oxygens (including phenoxy) is 1. The summed E-state index contributed by atoms with van der Waals surface area (Å²) >= 11 is 3.44. The lowest BCUT2D eigenvalue weighted by molar-refractivity contribution is -0.123. The number of aryl methyl sites for hydroxylation is 1. The Labute approximate surface area is 147 Å². The van der Waals surface area contributed by atoms with Crippen molar-refractivity contribution in [2.24, 2.45) is 0 Å². The molecule has 7 heteroatoms. The number of carbonyl (C=O) groups is 1. The number of hydrogen-bond donors (Lipinski definition) is 1. The molecule has 0 bridgehead atoms. The summed E-state index contributed by atoms with van der Waals surface area (Å²) in [5.74, 6) is 1.29. The lowest BCUT2D eigenvalue weighted by Gasteiger charge is -2.11. The molecule has 0 spiro atoms. The Morgan fingerprint density at radius 3 is 2.79 bits per heavy atom. The highest BCUT2D eigenvalue weighted by molar-refractivity contribution is 9.10. The fourth-order valence-corrected chi connectivity index (χ4v) is 2.65. The molecule has 0 aliphatic rings. The molecule has 124 valence electrons. The first-order valence-corrected chi connectivity index (χ1v) is 8.22. The first-order chi connectivity index (χ1) is 11.5. The molecule has 6 nitrogen and oxygen atoms in total. The SMILES string of the molecule is Cc1noc([C@H](C)NC(=O)COc2ccc3cc(Br)ccc3c2)n1. The van der Waals surface area contributed by atoms with Crippen LogP contribution in [0.5, 0.6) is 5.75 Å². The molecule has 1 amide bonds. The van der Waals surface area contributed by atoms with Gasteiger partial charge in [-0.1, -0.05) is 33.2 Å². The first-order valence-electron chi connectivity index (χ1n) is 7.43. The van der Waals surface area contributed by atoms with E-state index in [1.54, 1.807) is 13.8 Å². The molecular weight excluding hydrogens is 374 g/mol. The van der Waals surface area contributed by atoms with E-state index < -0.39 is 0 Å². The lowest BCUT2D eigenvalue weighted by Crippen LogP contribution is -2.31. The van der Waals surface area contributed by atoms with Gasteiger partial charge < -0.3 is 14.6 Å². The van der Waals surface area contributed by atoms with Gasteiger partial charge in [-0.2, -0.15) is 4.98 Å². The quantitative estimate of drug-likeness (QED) is 0.721. The van der Waals surface area contributed by atoms with E-state index in [0.717, 1.165) is 15.2 Å². The maximum absolute atomic E-state index is 12.0. The summed E-state index contributed by atoms with van der Waals surface area (Å²) in [6, 6.07) is 11.3. The van der Waals surface area contributed by atoms with Gasteiger partial charge in [0, 0.05) is 4.47 Å². The second-order valence-electron chi connectivity index (χ2n) is 5.41. The Hall–Kier alpha value is -2.41. The minimum absolute atomic E-state index is 0.0838. The average molecular weight is 390 g/mol. The van der Waals surface area contributed by atoms with Gasteiger partial charge in [-0.25, -0.2) is 0 Å². The zero-order valence-corrected chi connectivity index (χ0v) is 14.8. The van der Waals surface area contributed by atoms with E-state index in [1.165, 1.54) is 0 Å². The Balaban J connectivity index is 1.58. The van der Waals surface area contributed by atoms with Crippen molar-refractivity contribution in [3.8, 4) is 5.75 Å². The van der Waals surface area contributed by atoms with Crippen LogP contribution >= 0.6 is 15.9 Å². The number of aromatic nitrogens is 2. The third kappa shape index (κ3) is 3.91. The van der Waals surface area contributed by atoms with Crippen LogP contribution in [0.15, 0.2) is 45.4 Å². The molecular formula is C17H16BrN3O3. The van der Waals surface area contributed by atoms with Gasteiger partial charge >= 0.3 is 0 Å². The summed E-state index contributed by atoms with van der Waals surface area (Å²) in [7, 11) is 0. The summed E-state index contributed by atoms with van der Waals surface area (Å²) in [6.45, 7) is 3.42. The maximum atomic E-state index is 12.0. The van der Waals surface area contributed by atoms with Gasteiger partial charge in [0.25, 0.3) is 5.91 Å². The molecule has 0 radical (unpaired) electrons. The molecule has 0 fully saturated rings. The van der Waals surface area contributed by atoms with E-state index in [9.17, 15) is 4.79 Å². The molecule has 1 aromatic heterocycles. The zero-order chi connectivity index (χ0) is 17.1. The second kappa shape index (κ2) is 7.00. The van der Waals surface area contributed by atoms with E-state index in [-0.39, 0.29) is 18.6 Å². The highest BCUT2D eigenvalue weighted by atomic mass is 79.9. The number of amides is 1. The monoisotopic (exact) mass is 389 g/mol. The first kappa shape index (κ1) is 16.4. The predicted molar refractivity (Wildman–Crippen MR) is 92.7 cm³/mol. The van der Waals surface area contributed by atoms with Crippen LogP contribution in [0.1, 0.15) is 24.7 Å². The molecule has 0 aliphatic heterocycles. The normalized spacial score (nSPS) is 12.1. The molecule has 1 N–H and O–H groups in total. The number of nitrogens with one attached hydrogen (secondary N) is 1. The van der Waals surface area contributed by atoms with Crippen molar-refractivity contribution in [1.82, 2.24) is 15.5 Å². The van der Waals surface area contributed by atoms with E-state index in [4.69, 9.17) is 9.26 Å². The topological polar surface area (TPSA) is 77.2 Å². The van der Waals surface area contributed by atoms with Gasteiger partial charge in [-0.15, -0.1) is 0 Å². The van der Waals surface area contributed by atoms with Gasteiger partial charge in [0.2, 0.25) is 5.89 Å². The van der Waals surface area contributed by atoms with Crippen molar-refractivity contribution in [1.29, 1.82) is 0 Å². The standard InChI is InChI=1S/C17H16BrN3O3/c1-10(17-20-11(2)21-24-17)19-16(22)9-23-15-6-4-12-7-14(18)5-3-13(12)8-15/h3-8,10H,9H2,1-2H3,(H,19,22)/t10-/m0/s1. The predicted octanol–water partition coefficient (Wildman–Crippen LogP) is 3.55. The fourth-order valence-electron chi connectivity index (χ4n) is 2.27. The van der Waals surface area contributed by atoms with Crippen LogP contribution in [0, 0.1) is 6.92 Å². The Kier molecular flexibility index (Phi) is 4.80. The molecule has 24 heavy (non-hydrogen) atoms. The largest absolute Gasteiger partial charge is 0.484 e. The number of hydrogen-bond acceptors (Lipinski definition) is 5. The van der Waals surface area contributed by atoms with E-state index >= 15 is 0 Å². The highest BCUT2D eigenvalue weighted by Gasteiger charge is 2.15. The van der Waals surface area contributed by atoms with Crippen molar-refractivity contribution < 1.29 is 14.1 Å². The molecule has 0 aliphatic carbocycles. The molecule has 3 rings (SSSR count). The van der Waals surface area contributed by atoms with E-state index in [0.29, 0.717) is 17.5 Å². The van der Waals surface area contributed by atoms with Crippen LogP contribution in [-0.2, 0) is 4.79 Å². The van der Waals surface area contributed by atoms with Crippen molar-refractivity contribution in [3.63, 3.8) is 0 Å². The van der Waals surface area contributed by atoms with Crippen molar-refractivity contribution in [2.75, 3.05) is 6.61 Å². The summed E-state index contributed by atoms with van der Waals surface area (Å²) < 4.78 is 11.6. The van der Waals surface area contributed by atoms with E-state index in [1.807, 2.05) is 36.4 Å². The zero-order valence-electron chi connectivity index (χ0n) is 13.2. The molecule has 1 heterocycles. The minimum Gasteiger partial charge on any atom is -0.484 e. The lowest BCUT2D eigenvalue weighted by atomic mass is 10.1. The van der Waals surface area contributed by atoms with Gasteiger partial charge in [0.05, 0.1) is 0 Å². The van der Waals surface area contributed by atoms with Crippen molar-refractivity contribution >= 4 is 32.6 Å². The molecule has 1 atom stereocenters. The summed E-state index contributed by atoms with van der Waals surface area (Å²) in [5.41, 5.74) is 0. The Bertz CT molecular complexity index is 878. The Morgan fingerprint density at radius 2 is 2.04 bits per heavy atom. The number of benzene rings is 2. The summed E-state index contributed by atoms with van der Waals surface area (Å²) in [6.07, 6.45) is 0. The van der Waals surface area contributed by atoms with Gasteiger partial charge in [0.1, 0.15) is 11.8 Å². The minimum atomic E-state index is -0.365. The van der Waals surface area contributed by atoms with Gasteiger partial charge in [-0.05, 0) is 48.9 Å². The van der Waals surface area contributed by atoms with Gasteiger partial charge in [-0.3, -0.25) is 4.79 Å². The number of rotatable bonds is 5. The van der Waals surface area contributed by atoms with Crippen LogP contribution in [0.25, 0.3) is 10.8 Å². The summed E-state index contributed by atoms with van der Waals surface area (Å²) in [5, 5.41) is 8.61. The third-order valence-electron chi connectivity index (χ3n) is 3.43. The molecule has 0 saturated heterocycles. The average Bonchev–Trinajstić information content (AvgIpc) is 2.99. The van der Waals surface area contributed by atoms with Crippen molar-refractivity contribution in [3.05, 3.63) is 52.6 Å². The van der Waals surface area contributed by atoms with Crippen LogP contribution in [0.4, 0.5) is 0 Å².